The topological polar surface area (TPSA) is 173 Å². The molecule has 18 heteroatoms. The minimum Gasteiger partial charge on any atom is -0.486 e. The molecular formula is C47H64FN13O3S. The van der Waals surface area contributed by atoms with Gasteiger partial charge in [0.25, 0.3) is 0 Å². The van der Waals surface area contributed by atoms with E-state index in [1.165, 1.54) is 10.5 Å². The van der Waals surface area contributed by atoms with E-state index in [-0.39, 0.29) is 22.7 Å². The SMILES string of the molecule is CCC/C=C1\C(OC(C)C)=C(c2cn[nH]c2)N=CN1NC(C)=NC1=CCC(SC2=CCCC(CN3CCN(c4ccc5c(NC)nn(C)c5n4)CC3(C)C)=C2)C=C1F.O=CCCNC=O. The molecule has 3 aromatic rings. The molecule has 1 unspecified atom stereocenters. The quantitative estimate of drug-likeness (QED) is 0.0454. The molecule has 65 heavy (non-hydrogen) atoms. The van der Waals surface area contributed by atoms with E-state index in [4.69, 9.17) is 14.7 Å². The molecule has 1 atom stereocenters. The van der Waals surface area contributed by atoms with E-state index in [0.717, 1.165) is 92.1 Å². The molecule has 16 nitrogen and oxygen atoms in total. The highest BCUT2D eigenvalue weighted by Gasteiger charge is 2.35. The lowest BCUT2D eigenvalue weighted by Gasteiger charge is -2.48. The summed E-state index contributed by atoms with van der Waals surface area (Å²) < 4.78 is 23.8. The second-order valence-corrected chi connectivity index (χ2v) is 18.3. The van der Waals surface area contributed by atoms with Crippen molar-refractivity contribution in [2.24, 2.45) is 17.0 Å². The number of allylic oxidation sites excluding steroid dienone is 5. The fourth-order valence-corrected chi connectivity index (χ4v) is 9.07. The predicted molar refractivity (Wildman–Crippen MR) is 261 cm³/mol. The Kier molecular flexibility index (Phi) is 17.0. The van der Waals surface area contributed by atoms with Gasteiger partial charge in [0.05, 0.1) is 23.4 Å². The number of aryl methyl sites for hydroxylation is 1. The lowest BCUT2D eigenvalue weighted by Crippen LogP contribution is -2.59. The molecule has 5 heterocycles. The number of hydrazine groups is 1. The molecule has 1 amide bonds. The van der Waals surface area contributed by atoms with Crippen LogP contribution in [-0.2, 0) is 21.4 Å². The summed E-state index contributed by atoms with van der Waals surface area (Å²) in [5, 5.41) is 19.8. The van der Waals surface area contributed by atoms with E-state index >= 15 is 4.39 Å². The molecular weight excluding hydrogens is 846 g/mol. The minimum absolute atomic E-state index is 0.0115. The number of halogens is 1. The van der Waals surface area contributed by atoms with Gasteiger partial charge in [0.2, 0.25) is 6.41 Å². The van der Waals surface area contributed by atoms with Crippen LogP contribution < -0.4 is 21.0 Å². The van der Waals surface area contributed by atoms with E-state index in [1.807, 2.05) is 45.6 Å². The second kappa shape index (κ2) is 22.7. The van der Waals surface area contributed by atoms with Gasteiger partial charge in [0, 0.05) is 80.7 Å². The number of carbonyl (C=O) groups is 2. The van der Waals surface area contributed by atoms with Crippen LogP contribution in [0.1, 0.15) is 85.6 Å². The highest BCUT2D eigenvalue weighted by molar-refractivity contribution is 8.04. The number of piperazine rings is 1. The first kappa shape index (κ1) is 48.4. The molecule has 3 aromatic heterocycles. The van der Waals surface area contributed by atoms with E-state index in [1.54, 1.807) is 41.6 Å². The van der Waals surface area contributed by atoms with Gasteiger partial charge in [-0.15, -0.1) is 11.8 Å². The summed E-state index contributed by atoms with van der Waals surface area (Å²) in [6.07, 6.45) is 21.8. The van der Waals surface area contributed by atoms with Gasteiger partial charge < -0.3 is 25.1 Å². The molecule has 0 aromatic carbocycles. The molecule has 7 rings (SSSR count). The minimum atomic E-state index is -0.315. The number of aromatic nitrogens is 5. The Labute approximate surface area is 386 Å². The molecule has 1 saturated heterocycles. The van der Waals surface area contributed by atoms with Crippen molar-refractivity contribution >= 4 is 65.0 Å². The van der Waals surface area contributed by atoms with Crippen molar-refractivity contribution in [2.45, 2.75) is 97.0 Å². The van der Waals surface area contributed by atoms with Crippen LogP contribution in [0.3, 0.4) is 0 Å². The summed E-state index contributed by atoms with van der Waals surface area (Å²) in [7, 11) is 3.83. The number of H-pyrrole nitrogens is 1. The van der Waals surface area contributed by atoms with Crippen LogP contribution in [0.2, 0.25) is 0 Å². The van der Waals surface area contributed by atoms with Crippen LogP contribution in [0.4, 0.5) is 16.0 Å². The monoisotopic (exact) mass is 909 g/mol. The van der Waals surface area contributed by atoms with Crippen molar-refractivity contribution in [3.05, 3.63) is 93.9 Å². The average molecular weight is 910 g/mol. The van der Waals surface area contributed by atoms with Crippen LogP contribution in [0.25, 0.3) is 16.7 Å². The van der Waals surface area contributed by atoms with Gasteiger partial charge in [-0.3, -0.25) is 20.2 Å². The number of nitrogens with zero attached hydrogens (tertiary/aromatic N) is 9. The molecule has 2 aliphatic heterocycles. The van der Waals surface area contributed by atoms with Gasteiger partial charge in [-0.25, -0.2) is 29.0 Å². The molecule has 2 aliphatic carbocycles. The Morgan fingerprint density at radius 2 is 2.02 bits per heavy atom. The highest BCUT2D eigenvalue weighted by Crippen LogP contribution is 2.37. The zero-order chi connectivity index (χ0) is 46.5. The Bertz CT molecular complexity index is 2380. The number of rotatable bonds is 17. The van der Waals surface area contributed by atoms with Gasteiger partial charge in [-0.05, 0) is 84.6 Å². The summed E-state index contributed by atoms with van der Waals surface area (Å²) in [4.78, 5) is 39.6. The van der Waals surface area contributed by atoms with Crippen LogP contribution >= 0.6 is 11.8 Å². The number of fused-ring (bicyclic) bond motifs is 1. The number of aromatic amines is 1. The smallest absolute Gasteiger partial charge is 0.207 e. The lowest BCUT2D eigenvalue weighted by molar-refractivity contribution is -0.110. The molecule has 0 saturated carbocycles. The molecule has 0 bridgehead atoms. The third-order valence-electron chi connectivity index (χ3n) is 11.1. The molecule has 0 spiro atoms. The van der Waals surface area contributed by atoms with Crippen LogP contribution in [0.5, 0.6) is 0 Å². The number of thioether (sulfide) groups is 1. The lowest BCUT2D eigenvalue weighted by atomic mass is 9.96. The third kappa shape index (κ3) is 12.6. The summed E-state index contributed by atoms with van der Waals surface area (Å²) in [6.45, 7) is 16.7. The van der Waals surface area contributed by atoms with Crippen LogP contribution in [-0.4, -0.2) is 116 Å². The summed E-state index contributed by atoms with van der Waals surface area (Å²) in [5.74, 6) is 2.69. The Morgan fingerprint density at radius 3 is 2.71 bits per heavy atom. The number of aldehydes is 1. The van der Waals surface area contributed by atoms with Gasteiger partial charge in [0.1, 0.15) is 41.5 Å². The van der Waals surface area contributed by atoms with Gasteiger partial charge in [0.15, 0.2) is 17.2 Å². The molecule has 1 fully saturated rings. The number of aliphatic imine (C=N–C) groups is 2. The maximum atomic E-state index is 15.7. The van der Waals surface area contributed by atoms with Crippen molar-refractivity contribution in [3.8, 4) is 0 Å². The number of hydrogen-bond acceptors (Lipinski definition) is 13. The van der Waals surface area contributed by atoms with Crippen molar-refractivity contribution in [3.63, 3.8) is 0 Å². The zero-order valence-corrected chi connectivity index (χ0v) is 39.7. The summed E-state index contributed by atoms with van der Waals surface area (Å²) in [5.41, 5.74) is 8.25. The standard InChI is InChI=1S/C43H57FN12OS.C4H7NO2/c1-9-10-14-37-40(57-28(2)3)39(31-23-47-48-24-31)46-27-56(37)51-29(4)49-36-17-15-33(22-35(36)44)58-32-13-11-12-30(21-32)25-55-20-19-54(26-43(55,5)6)38-18-16-34-41(45-7)52-53(8)42(34)50-38;6-3-1-2-5-4-7/h13-14,16-18,21-24,27-28,33H,9-12,15,19-20,25-26H2,1-8H3,(H,45,52)(H,47,48)(H,49,51);3-4H,1-2H2,(H,5,7)/b37-14+;. The maximum Gasteiger partial charge on any atom is 0.207 e. The zero-order valence-electron chi connectivity index (χ0n) is 38.9. The largest absolute Gasteiger partial charge is 0.486 e. The van der Waals surface area contributed by atoms with Crippen molar-refractivity contribution in [1.82, 2.24) is 45.6 Å². The molecule has 0 radical (unpaired) electrons. The number of anilines is 2. The van der Waals surface area contributed by atoms with E-state index < -0.39 is 0 Å². The first-order valence-electron chi connectivity index (χ1n) is 22.4. The predicted octanol–water partition coefficient (Wildman–Crippen LogP) is 7.55. The fourth-order valence-electron chi connectivity index (χ4n) is 7.89. The first-order valence-corrected chi connectivity index (χ1v) is 23.2. The highest BCUT2D eigenvalue weighted by atomic mass is 32.2. The van der Waals surface area contributed by atoms with E-state index in [2.05, 4.69) is 97.3 Å². The third-order valence-corrected chi connectivity index (χ3v) is 12.3. The Morgan fingerprint density at radius 1 is 1.18 bits per heavy atom. The van der Waals surface area contributed by atoms with Crippen LogP contribution in [0, 0.1) is 0 Å². The van der Waals surface area contributed by atoms with Crippen molar-refractivity contribution < 1.29 is 18.7 Å². The number of pyridine rings is 1. The molecule has 348 valence electrons. The van der Waals surface area contributed by atoms with E-state index in [0.29, 0.717) is 48.8 Å². The first-order chi connectivity index (χ1) is 31.3. The van der Waals surface area contributed by atoms with Crippen LogP contribution in [0.15, 0.2) is 98.3 Å². The van der Waals surface area contributed by atoms with Gasteiger partial charge in [-0.2, -0.15) is 10.2 Å². The van der Waals surface area contributed by atoms with Gasteiger partial charge >= 0.3 is 0 Å². The Hall–Kier alpha value is -6.01. The number of nitrogens with one attached hydrogen (secondary N) is 4. The summed E-state index contributed by atoms with van der Waals surface area (Å²) >= 11 is 1.73. The van der Waals surface area contributed by atoms with Crippen molar-refractivity contribution in [1.29, 1.82) is 0 Å². The fraction of sp³-hybridized carbons (Fsp3) is 0.468. The normalized spacial score (nSPS) is 19.6. The number of amides is 1. The molecule has 4 aliphatic rings. The molecule has 4 N–H and O–H groups in total. The number of unbranched alkanes of at least 4 members (excludes halogenated alkanes) is 1. The van der Waals surface area contributed by atoms with Gasteiger partial charge in [-0.1, -0.05) is 37.1 Å². The summed E-state index contributed by atoms with van der Waals surface area (Å²) in [6, 6.07) is 4.23. The number of hydrogen-bond donors (Lipinski definition) is 4. The number of ether oxygens (including phenoxy) is 1. The average Bonchev–Trinajstić information content (AvgIpc) is 3.93. The maximum absolute atomic E-state index is 15.7. The Balaban J connectivity index is 0.000000925. The number of amidine groups is 1. The second-order valence-electron chi connectivity index (χ2n) is 17.0. The van der Waals surface area contributed by atoms with E-state index in [9.17, 15) is 9.59 Å². The van der Waals surface area contributed by atoms with Crippen molar-refractivity contribution in [2.75, 3.05) is 50.0 Å². The number of carbonyl (C=O) groups excluding carboxylic acids is 2.